The highest BCUT2D eigenvalue weighted by Gasteiger charge is 2.74. The molecule has 1 atom stereocenters. The molecule has 0 saturated carbocycles. The molecule has 0 fully saturated rings. The molecular formula is C11H12F8INO8S2. The van der Waals surface area contributed by atoms with Gasteiger partial charge in [-0.1, -0.05) is 0 Å². The van der Waals surface area contributed by atoms with Gasteiger partial charge in [0.25, 0.3) is 10.0 Å². The molecule has 0 amide bonds. The van der Waals surface area contributed by atoms with Crippen molar-refractivity contribution in [3.8, 4) is 0 Å². The second kappa shape index (κ2) is 10.4. The molecule has 0 saturated heterocycles. The first kappa shape index (κ1) is 30.1. The lowest BCUT2D eigenvalue weighted by Gasteiger charge is -2.30. The van der Waals surface area contributed by atoms with Crippen molar-refractivity contribution in [2.24, 2.45) is 0 Å². The molecule has 0 aromatic rings. The van der Waals surface area contributed by atoms with Gasteiger partial charge in [-0.15, -0.1) is 4.13 Å². The summed E-state index contributed by atoms with van der Waals surface area (Å²) in [6.45, 7) is 1.31. The van der Waals surface area contributed by atoms with E-state index in [1.807, 2.05) is 0 Å². The summed E-state index contributed by atoms with van der Waals surface area (Å²) in [6, 6.07) is 0. The lowest BCUT2D eigenvalue weighted by atomic mass is 10.4. The van der Waals surface area contributed by atoms with Gasteiger partial charge in [-0.2, -0.15) is 35.1 Å². The maximum atomic E-state index is 13.7. The minimum absolute atomic E-state index is 0.304. The Bertz CT molecular complexity index is 786. The van der Waals surface area contributed by atoms with Crippen LogP contribution in [0, 0.1) is 0 Å². The van der Waals surface area contributed by atoms with Crippen molar-refractivity contribution in [3.05, 3.63) is 0 Å². The van der Waals surface area contributed by atoms with Crippen molar-refractivity contribution in [2.75, 3.05) is 13.2 Å². The van der Waals surface area contributed by atoms with E-state index in [1.165, 1.54) is 0 Å². The zero-order chi connectivity index (χ0) is 25.1. The molecule has 0 aliphatic rings. The van der Waals surface area contributed by atoms with Gasteiger partial charge in [0.05, 0.1) is 13.2 Å². The third-order valence-corrected chi connectivity index (χ3v) is 6.56. The van der Waals surface area contributed by atoms with Crippen LogP contribution in [0.3, 0.4) is 0 Å². The molecule has 0 radical (unpaired) electrons. The maximum absolute atomic E-state index is 13.7. The number of hydrogen-bond donors (Lipinski definition) is 1. The number of alkyl halides is 9. The van der Waals surface area contributed by atoms with Gasteiger partial charge < -0.3 is 9.47 Å². The largest absolute Gasteiger partial charge is 0.465 e. The predicted octanol–water partition coefficient (Wildman–Crippen LogP) is 1.89. The summed E-state index contributed by atoms with van der Waals surface area (Å²) >= 11 is -0.436. The van der Waals surface area contributed by atoms with Crippen LogP contribution < -0.4 is 4.13 Å². The summed E-state index contributed by atoms with van der Waals surface area (Å²) in [4.78, 5) is 23.3. The summed E-state index contributed by atoms with van der Waals surface area (Å²) in [7, 11) is -10.8. The molecule has 1 unspecified atom stereocenters. The summed E-state index contributed by atoms with van der Waals surface area (Å²) in [5, 5.41) is -9.55. The molecule has 20 heteroatoms. The molecule has 0 aliphatic heterocycles. The summed E-state index contributed by atoms with van der Waals surface area (Å²) in [6.07, 6.45) is -13.1. The number of ether oxygens (including phenoxy) is 3. The van der Waals surface area contributed by atoms with Crippen LogP contribution in [0.25, 0.3) is 0 Å². The van der Waals surface area contributed by atoms with E-state index in [0.717, 1.165) is 13.8 Å². The average molecular weight is 629 g/mol. The Balaban J connectivity index is 5.98. The van der Waals surface area contributed by atoms with E-state index in [2.05, 4.69) is 14.2 Å². The molecule has 184 valence electrons. The smallest absolute Gasteiger partial charge is 0.449 e. The first-order chi connectivity index (χ1) is 13.7. The predicted molar refractivity (Wildman–Crippen MR) is 92.1 cm³/mol. The van der Waals surface area contributed by atoms with E-state index in [1.54, 1.807) is 0 Å². The van der Waals surface area contributed by atoms with Gasteiger partial charge in [0.2, 0.25) is 5.25 Å². The third kappa shape index (κ3) is 7.05. The second-order valence-electron chi connectivity index (χ2n) is 4.92. The van der Waals surface area contributed by atoms with Crippen molar-refractivity contribution in [3.63, 3.8) is 0 Å². The monoisotopic (exact) mass is 629 g/mol. The molecule has 0 spiro atoms. The zero-order valence-corrected chi connectivity index (χ0v) is 18.8. The number of carbonyl (C=O) groups excluding carboxylic acids is 2. The first-order valence-electron chi connectivity index (χ1n) is 7.34. The Labute approximate surface area is 184 Å². The fraction of sp³-hybridized carbons (Fsp3) is 0.818. The van der Waals surface area contributed by atoms with Crippen LogP contribution in [0.2, 0.25) is 0 Å². The van der Waals surface area contributed by atoms with Crippen LogP contribution in [-0.4, -0.2) is 64.4 Å². The van der Waals surface area contributed by atoms with Crippen LogP contribution in [-0.2, 0) is 44.8 Å². The highest BCUT2D eigenvalue weighted by atomic mass is 127. The number of nitrogens with one attached hydrogen (secondary N) is 1. The fourth-order valence-corrected chi connectivity index (χ4v) is 3.97. The molecule has 0 aromatic heterocycles. The Kier molecular flexibility index (Phi) is 10.1. The fourth-order valence-electron chi connectivity index (χ4n) is 1.35. The lowest BCUT2D eigenvalue weighted by Crippen LogP contribution is -2.58. The van der Waals surface area contributed by atoms with E-state index >= 15 is 0 Å². The Morgan fingerprint density at radius 1 is 0.935 bits per heavy atom. The summed E-state index contributed by atoms with van der Waals surface area (Å²) < 4.78 is 146. The standard InChI is InChI=1S/C11H12F8INO8S2/c1-3-27-6(22)5(7(23)28-4-2)30(24)21-31(25,26)11(18,19)10(16,17)29-9(14,15)8(12,13)20/h5,21H,3-4H2,1-2H3. The lowest BCUT2D eigenvalue weighted by molar-refractivity contribution is -0.438. The van der Waals surface area contributed by atoms with Crippen molar-refractivity contribution >= 4 is 55.5 Å². The zero-order valence-electron chi connectivity index (χ0n) is 15.0. The van der Waals surface area contributed by atoms with Gasteiger partial charge in [0.15, 0.2) is 0 Å². The normalized spacial score (nSPS) is 15.0. The molecule has 0 rings (SSSR count). The molecular weight excluding hydrogens is 617 g/mol. The minimum atomic E-state index is -7.03. The SMILES string of the molecule is CCOC(=O)C(C(=O)OCC)S(=O)NS(=O)(=O)C(F)(F)C(F)(F)OC(F)(F)C(F)(F)I. The van der Waals surface area contributed by atoms with Gasteiger partial charge in [0, 0.05) is 22.6 Å². The van der Waals surface area contributed by atoms with E-state index in [-0.39, 0.29) is 0 Å². The van der Waals surface area contributed by atoms with Gasteiger partial charge >= 0.3 is 33.3 Å². The highest BCUT2D eigenvalue weighted by molar-refractivity contribution is 14.1. The highest BCUT2D eigenvalue weighted by Crippen LogP contribution is 2.48. The van der Waals surface area contributed by atoms with Crippen LogP contribution in [0.1, 0.15) is 13.8 Å². The van der Waals surface area contributed by atoms with Crippen molar-refractivity contribution < 1.29 is 71.5 Å². The Hall–Kier alpha value is -0.870. The van der Waals surface area contributed by atoms with E-state index < -0.39 is 95.4 Å². The second-order valence-corrected chi connectivity index (χ2v) is 9.53. The van der Waals surface area contributed by atoms with Crippen LogP contribution >= 0.6 is 22.6 Å². The number of halogens is 9. The molecule has 0 aromatic carbocycles. The van der Waals surface area contributed by atoms with Crippen LogP contribution in [0.15, 0.2) is 0 Å². The van der Waals surface area contributed by atoms with Crippen molar-refractivity contribution in [2.45, 2.75) is 40.5 Å². The molecule has 9 nitrogen and oxygen atoms in total. The Morgan fingerprint density at radius 3 is 1.65 bits per heavy atom. The molecule has 1 N–H and O–H groups in total. The molecule has 0 heterocycles. The topological polar surface area (TPSA) is 125 Å². The van der Waals surface area contributed by atoms with Crippen molar-refractivity contribution in [1.82, 2.24) is 4.13 Å². The van der Waals surface area contributed by atoms with Gasteiger partial charge in [-0.05, 0) is 13.8 Å². The van der Waals surface area contributed by atoms with Gasteiger partial charge in [-0.25, -0.2) is 17.4 Å². The van der Waals surface area contributed by atoms with Crippen LogP contribution in [0.4, 0.5) is 35.1 Å². The summed E-state index contributed by atoms with van der Waals surface area (Å²) in [5.74, 6) is -3.58. The van der Waals surface area contributed by atoms with E-state index in [9.17, 15) is 57.3 Å². The first-order valence-corrected chi connectivity index (χ1v) is 11.1. The molecule has 31 heavy (non-hydrogen) atoms. The minimum Gasteiger partial charge on any atom is -0.465 e. The third-order valence-electron chi connectivity index (χ3n) is 2.67. The van der Waals surface area contributed by atoms with Crippen molar-refractivity contribution in [1.29, 1.82) is 0 Å². The summed E-state index contributed by atoms with van der Waals surface area (Å²) in [5.41, 5.74) is 0. The number of carbonyl (C=O) groups is 2. The number of esters is 2. The quantitative estimate of drug-likeness (QED) is 0.114. The maximum Gasteiger partial charge on any atom is 0.449 e. The molecule has 0 bridgehead atoms. The number of rotatable bonds is 12. The number of sulfonamides is 1. The van der Waals surface area contributed by atoms with E-state index in [0.29, 0.717) is 4.13 Å². The average Bonchev–Trinajstić information content (AvgIpc) is 2.52. The molecule has 0 aliphatic carbocycles. The Morgan fingerprint density at radius 2 is 1.32 bits per heavy atom. The van der Waals surface area contributed by atoms with Gasteiger partial charge in [0.1, 0.15) is 11.0 Å². The number of hydrogen-bond acceptors (Lipinski definition) is 8. The van der Waals surface area contributed by atoms with E-state index in [4.69, 9.17) is 0 Å². The van der Waals surface area contributed by atoms with Gasteiger partial charge in [-0.3, -0.25) is 9.59 Å². The van der Waals surface area contributed by atoms with Crippen LogP contribution in [0.5, 0.6) is 0 Å².